The van der Waals surface area contributed by atoms with Gasteiger partial charge in [-0.15, -0.1) is 0 Å². The van der Waals surface area contributed by atoms with E-state index in [9.17, 15) is 0 Å². The van der Waals surface area contributed by atoms with Crippen LogP contribution in [0.1, 0.15) is 31.4 Å². The van der Waals surface area contributed by atoms with Crippen LogP contribution in [0.4, 0.5) is 5.82 Å². The average Bonchev–Trinajstić information content (AvgIpc) is 2.41. The minimum atomic E-state index is 0.0153. The van der Waals surface area contributed by atoms with E-state index in [1.807, 2.05) is 6.20 Å². The van der Waals surface area contributed by atoms with Crippen LogP contribution in [0.5, 0.6) is 0 Å². The van der Waals surface area contributed by atoms with Crippen LogP contribution in [0.2, 0.25) is 0 Å². The van der Waals surface area contributed by atoms with Gasteiger partial charge in [-0.2, -0.15) is 0 Å². The highest BCUT2D eigenvalue weighted by molar-refractivity contribution is 9.10. The molecule has 0 aliphatic carbocycles. The van der Waals surface area contributed by atoms with Gasteiger partial charge in [0.2, 0.25) is 0 Å². The molecule has 3 heteroatoms. The lowest BCUT2D eigenvalue weighted by Crippen LogP contribution is -2.32. The van der Waals surface area contributed by atoms with Crippen LogP contribution in [0, 0.1) is 6.92 Å². The fraction of sp³-hybridized carbons (Fsp3) is 0.353. The molecule has 0 bridgehead atoms. The number of aromatic nitrogens is 1. The SMILES string of the molecule is Cc1cc(Br)cnc1NC(C)(C)CCc1ccccc1. The van der Waals surface area contributed by atoms with E-state index >= 15 is 0 Å². The van der Waals surface area contributed by atoms with E-state index in [0.717, 1.165) is 28.7 Å². The molecule has 0 aliphatic rings. The maximum absolute atomic E-state index is 4.46. The van der Waals surface area contributed by atoms with E-state index < -0.39 is 0 Å². The molecule has 0 saturated heterocycles. The molecule has 1 heterocycles. The summed E-state index contributed by atoms with van der Waals surface area (Å²) in [5, 5.41) is 3.55. The van der Waals surface area contributed by atoms with Crippen molar-refractivity contribution < 1.29 is 0 Å². The van der Waals surface area contributed by atoms with E-state index in [-0.39, 0.29) is 5.54 Å². The summed E-state index contributed by atoms with van der Waals surface area (Å²) in [4.78, 5) is 4.46. The van der Waals surface area contributed by atoms with Crippen molar-refractivity contribution >= 4 is 21.7 Å². The van der Waals surface area contributed by atoms with E-state index in [4.69, 9.17) is 0 Å². The zero-order chi connectivity index (χ0) is 14.6. The molecule has 0 fully saturated rings. The molecule has 20 heavy (non-hydrogen) atoms. The predicted octanol–water partition coefficient (Wildman–Crippen LogP) is 4.98. The van der Waals surface area contributed by atoms with Crippen LogP contribution in [0.15, 0.2) is 47.1 Å². The van der Waals surface area contributed by atoms with Crippen molar-refractivity contribution in [3.05, 3.63) is 58.2 Å². The van der Waals surface area contributed by atoms with Crippen LogP contribution >= 0.6 is 15.9 Å². The smallest absolute Gasteiger partial charge is 0.129 e. The van der Waals surface area contributed by atoms with Crippen molar-refractivity contribution in [2.45, 2.75) is 39.2 Å². The van der Waals surface area contributed by atoms with Crippen molar-refractivity contribution in [1.29, 1.82) is 0 Å². The Labute approximate surface area is 129 Å². The number of halogens is 1. The molecule has 1 aromatic heterocycles. The molecular weight excluding hydrogens is 312 g/mol. The highest BCUT2D eigenvalue weighted by atomic mass is 79.9. The predicted molar refractivity (Wildman–Crippen MR) is 89.1 cm³/mol. The van der Waals surface area contributed by atoms with Crippen LogP contribution in [-0.2, 0) is 6.42 Å². The normalized spacial score (nSPS) is 11.4. The lowest BCUT2D eigenvalue weighted by Gasteiger charge is -2.28. The van der Waals surface area contributed by atoms with Gasteiger partial charge >= 0.3 is 0 Å². The third-order valence-electron chi connectivity index (χ3n) is 3.38. The molecule has 0 aliphatic heterocycles. The van der Waals surface area contributed by atoms with Gasteiger partial charge in [0.1, 0.15) is 5.82 Å². The Morgan fingerprint density at radius 3 is 2.55 bits per heavy atom. The van der Waals surface area contributed by atoms with Gasteiger partial charge in [0.25, 0.3) is 0 Å². The summed E-state index contributed by atoms with van der Waals surface area (Å²) >= 11 is 3.45. The topological polar surface area (TPSA) is 24.9 Å². The number of nitrogens with one attached hydrogen (secondary N) is 1. The number of rotatable bonds is 5. The van der Waals surface area contributed by atoms with Gasteiger partial charge in [-0.25, -0.2) is 4.98 Å². The van der Waals surface area contributed by atoms with Crippen LogP contribution in [0.3, 0.4) is 0 Å². The van der Waals surface area contributed by atoms with Crippen LogP contribution in [0.25, 0.3) is 0 Å². The fourth-order valence-electron chi connectivity index (χ4n) is 2.16. The lowest BCUT2D eigenvalue weighted by molar-refractivity contribution is 0.516. The number of nitrogens with zero attached hydrogens (tertiary/aromatic N) is 1. The Morgan fingerprint density at radius 2 is 1.90 bits per heavy atom. The molecule has 2 nitrogen and oxygen atoms in total. The number of hydrogen-bond acceptors (Lipinski definition) is 2. The number of benzene rings is 1. The summed E-state index contributed by atoms with van der Waals surface area (Å²) in [6, 6.07) is 12.7. The summed E-state index contributed by atoms with van der Waals surface area (Å²) in [5.41, 5.74) is 2.55. The Kier molecular flexibility index (Phi) is 4.81. The molecule has 106 valence electrons. The molecule has 2 rings (SSSR count). The number of hydrogen-bond donors (Lipinski definition) is 1. The molecule has 0 unspecified atom stereocenters. The van der Waals surface area contributed by atoms with E-state index in [1.165, 1.54) is 5.56 Å². The number of aryl methyl sites for hydroxylation is 2. The monoisotopic (exact) mass is 332 g/mol. The largest absolute Gasteiger partial charge is 0.365 e. The van der Waals surface area contributed by atoms with E-state index in [2.05, 4.69) is 83.4 Å². The molecule has 0 radical (unpaired) electrons. The summed E-state index contributed by atoms with van der Waals surface area (Å²) in [7, 11) is 0. The minimum Gasteiger partial charge on any atom is -0.365 e. The highest BCUT2D eigenvalue weighted by Gasteiger charge is 2.18. The first-order valence-electron chi connectivity index (χ1n) is 6.90. The Morgan fingerprint density at radius 1 is 1.20 bits per heavy atom. The molecule has 1 N–H and O–H groups in total. The van der Waals surface area contributed by atoms with Crippen molar-refractivity contribution in [1.82, 2.24) is 4.98 Å². The first-order valence-corrected chi connectivity index (χ1v) is 7.70. The molecule has 0 saturated carbocycles. The van der Waals surface area contributed by atoms with Crippen LogP contribution in [-0.4, -0.2) is 10.5 Å². The zero-order valence-corrected chi connectivity index (χ0v) is 13.9. The Hall–Kier alpha value is -1.35. The fourth-order valence-corrected chi connectivity index (χ4v) is 2.60. The van der Waals surface area contributed by atoms with Crippen molar-refractivity contribution in [2.75, 3.05) is 5.32 Å². The molecule has 0 amide bonds. The summed E-state index contributed by atoms with van der Waals surface area (Å²) in [6.45, 7) is 6.52. The number of pyridine rings is 1. The van der Waals surface area contributed by atoms with E-state index in [1.54, 1.807) is 0 Å². The second kappa shape index (κ2) is 6.40. The van der Waals surface area contributed by atoms with Crippen molar-refractivity contribution in [3.8, 4) is 0 Å². The van der Waals surface area contributed by atoms with Gasteiger partial charge in [0.15, 0.2) is 0 Å². The highest BCUT2D eigenvalue weighted by Crippen LogP contribution is 2.23. The van der Waals surface area contributed by atoms with Gasteiger partial charge < -0.3 is 5.32 Å². The van der Waals surface area contributed by atoms with Crippen LogP contribution < -0.4 is 5.32 Å². The quantitative estimate of drug-likeness (QED) is 0.835. The summed E-state index contributed by atoms with van der Waals surface area (Å²) in [5.74, 6) is 0.964. The minimum absolute atomic E-state index is 0.0153. The third kappa shape index (κ3) is 4.34. The maximum atomic E-state index is 4.46. The first-order chi connectivity index (χ1) is 9.46. The molecule has 0 atom stereocenters. The van der Waals surface area contributed by atoms with Gasteiger partial charge in [-0.05, 0) is 66.7 Å². The molecule has 1 aromatic carbocycles. The second-order valence-corrected chi connectivity index (χ2v) is 6.73. The molecule has 0 spiro atoms. The third-order valence-corrected chi connectivity index (χ3v) is 3.82. The second-order valence-electron chi connectivity index (χ2n) is 5.81. The number of anilines is 1. The van der Waals surface area contributed by atoms with Crippen molar-refractivity contribution in [3.63, 3.8) is 0 Å². The van der Waals surface area contributed by atoms with Gasteiger partial charge in [-0.3, -0.25) is 0 Å². The Balaban J connectivity index is 2.00. The van der Waals surface area contributed by atoms with Crippen molar-refractivity contribution in [2.24, 2.45) is 0 Å². The summed E-state index contributed by atoms with van der Waals surface area (Å²) in [6.07, 6.45) is 3.97. The average molecular weight is 333 g/mol. The molecule has 2 aromatic rings. The van der Waals surface area contributed by atoms with Gasteiger partial charge in [-0.1, -0.05) is 30.3 Å². The maximum Gasteiger partial charge on any atom is 0.129 e. The zero-order valence-electron chi connectivity index (χ0n) is 12.3. The summed E-state index contributed by atoms with van der Waals surface area (Å²) < 4.78 is 1.02. The van der Waals surface area contributed by atoms with E-state index in [0.29, 0.717) is 0 Å². The first kappa shape index (κ1) is 15.0. The lowest BCUT2D eigenvalue weighted by atomic mass is 9.95. The Bertz CT molecular complexity index is 564. The van der Waals surface area contributed by atoms with Gasteiger partial charge in [0, 0.05) is 16.2 Å². The van der Waals surface area contributed by atoms with Gasteiger partial charge in [0.05, 0.1) is 0 Å². The standard InChI is InChI=1S/C17H21BrN2/c1-13-11-15(18)12-19-16(13)20-17(2,3)10-9-14-7-5-4-6-8-14/h4-8,11-12H,9-10H2,1-3H3,(H,19,20). The molecular formula is C17H21BrN2.